The van der Waals surface area contributed by atoms with Gasteiger partial charge in [0.1, 0.15) is 0 Å². The average Bonchev–Trinajstić information content (AvgIpc) is 3.03. The second kappa shape index (κ2) is 9.63. The standard InChI is InChI=1S/C17H26N2O3S.C2HF3O2/c1-13-5-4-6-15(9-13)23(20,21)19-8-7-14-12-22-17(11-18(2)3)16(14)10-19;3-2(4,5)1(6)7/h4-6,9,14,16-17H,7-8,10-12H2,1-3H3;(H,6,7)/t14-,16-,17+;/m0./s1. The summed E-state index contributed by atoms with van der Waals surface area (Å²) in [6.45, 7) is 4.69. The van der Waals surface area contributed by atoms with Crippen molar-refractivity contribution in [2.75, 3.05) is 40.3 Å². The molecule has 3 rings (SSSR count). The van der Waals surface area contributed by atoms with E-state index in [1.54, 1.807) is 16.4 Å². The molecule has 0 spiro atoms. The quantitative estimate of drug-likeness (QED) is 0.754. The van der Waals surface area contributed by atoms with Crippen molar-refractivity contribution in [1.29, 1.82) is 0 Å². The smallest absolute Gasteiger partial charge is 0.475 e. The van der Waals surface area contributed by atoms with Gasteiger partial charge in [0.15, 0.2) is 0 Å². The summed E-state index contributed by atoms with van der Waals surface area (Å²) in [5.41, 5.74) is 0.968. The zero-order chi connectivity index (χ0) is 22.7. The van der Waals surface area contributed by atoms with E-state index in [-0.39, 0.29) is 6.10 Å². The van der Waals surface area contributed by atoms with Crippen LogP contribution in [-0.2, 0) is 19.6 Å². The van der Waals surface area contributed by atoms with E-state index in [1.165, 1.54) is 0 Å². The molecule has 2 aliphatic rings. The van der Waals surface area contributed by atoms with Crippen molar-refractivity contribution in [3.63, 3.8) is 0 Å². The van der Waals surface area contributed by atoms with Crippen LogP contribution in [0, 0.1) is 18.8 Å². The minimum atomic E-state index is -5.08. The van der Waals surface area contributed by atoms with Crippen molar-refractivity contribution >= 4 is 16.0 Å². The van der Waals surface area contributed by atoms with Crippen LogP contribution in [-0.4, -0.2) is 81.3 Å². The highest BCUT2D eigenvalue weighted by Crippen LogP contribution is 2.36. The number of halogens is 3. The summed E-state index contributed by atoms with van der Waals surface area (Å²) < 4.78 is 65.2. The number of ether oxygens (including phenoxy) is 1. The number of sulfonamides is 1. The maximum Gasteiger partial charge on any atom is 0.490 e. The zero-order valence-electron chi connectivity index (χ0n) is 17.1. The molecule has 0 bridgehead atoms. The monoisotopic (exact) mass is 452 g/mol. The summed E-state index contributed by atoms with van der Waals surface area (Å²) in [7, 11) is 0.646. The third kappa shape index (κ3) is 6.16. The van der Waals surface area contributed by atoms with Crippen LogP contribution in [0.2, 0.25) is 0 Å². The topological polar surface area (TPSA) is 87.2 Å². The van der Waals surface area contributed by atoms with Gasteiger partial charge in [0.2, 0.25) is 10.0 Å². The van der Waals surface area contributed by atoms with Gasteiger partial charge in [-0.1, -0.05) is 12.1 Å². The largest absolute Gasteiger partial charge is 0.490 e. The molecule has 2 fully saturated rings. The third-order valence-corrected chi connectivity index (χ3v) is 7.05. The SMILES string of the molecule is Cc1cccc(S(=O)(=O)N2CC[C@H]3CO[C@H](CN(C)C)[C@H]3C2)c1.O=C(O)C(F)(F)F. The van der Waals surface area contributed by atoms with Crippen molar-refractivity contribution in [1.82, 2.24) is 9.21 Å². The summed E-state index contributed by atoms with van der Waals surface area (Å²) in [4.78, 5) is 11.4. The molecule has 0 amide bonds. The van der Waals surface area contributed by atoms with Gasteiger partial charge in [-0.05, 0) is 51.1 Å². The minimum Gasteiger partial charge on any atom is -0.475 e. The van der Waals surface area contributed by atoms with E-state index in [2.05, 4.69) is 4.90 Å². The number of piperidine rings is 1. The van der Waals surface area contributed by atoms with Crippen LogP contribution in [0.3, 0.4) is 0 Å². The van der Waals surface area contributed by atoms with E-state index in [9.17, 15) is 21.6 Å². The van der Waals surface area contributed by atoms with Gasteiger partial charge in [-0.15, -0.1) is 0 Å². The fraction of sp³-hybridized carbons (Fsp3) is 0.632. The molecule has 2 saturated heterocycles. The van der Waals surface area contributed by atoms with Crippen LogP contribution in [0.5, 0.6) is 0 Å². The van der Waals surface area contributed by atoms with Gasteiger partial charge in [-0.25, -0.2) is 13.2 Å². The Labute approximate surface area is 174 Å². The number of rotatable bonds is 4. The van der Waals surface area contributed by atoms with Gasteiger partial charge in [-0.3, -0.25) is 0 Å². The van der Waals surface area contributed by atoms with Gasteiger partial charge < -0.3 is 14.7 Å². The molecule has 30 heavy (non-hydrogen) atoms. The first kappa shape index (κ1) is 24.6. The number of hydrogen-bond donors (Lipinski definition) is 1. The van der Waals surface area contributed by atoms with Crippen molar-refractivity contribution in [3.8, 4) is 0 Å². The number of carbonyl (C=O) groups is 1. The molecule has 0 radical (unpaired) electrons. The Kier molecular flexibility index (Phi) is 7.89. The first-order valence-corrected chi connectivity index (χ1v) is 10.9. The molecule has 0 aliphatic carbocycles. The van der Waals surface area contributed by atoms with E-state index >= 15 is 0 Å². The second-order valence-electron chi connectivity index (χ2n) is 7.83. The number of aliphatic carboxylic acids is 1. The fourth-order valence-corrected chi connectivity index (χ4v) is 5.29. The van der Waals surface area contributed by atoms with Crippen LogP contribution < -0.4 is 0 Å². The Balaban J connectivity index is 0.000000396. The lowest BCUT2D eigenvalue weighted by atomic mass is 9.85. The number of hydrogen-bond acceptors (Lipinski definition) is 5. The summed E-state index contributed by atoms with van der Waals surface area (Å²) in [5.74, 6) is -1.97. The normalized spacial score (nSPS) is 24.8. The van der Waals surface area contributed by atoms with Crippen LogP contribution in [0.15, 0.2) is 29.2 Å². The van der Waals surface area contributed by atoms with Gasteiger partial charge in [0, 0.05) is 25.6 Å². The van der Waals surface area contributed by atoms with Crippen molar-refractivity contribution in [3.05, 3.63) is 29.8 Å². The van der Waals surface area contributed by atoms with E-state index in [0.29, 0.717) is 29.8 Å². The highest BCUT2D eigenvalue weighted by atomic mass is 32.2. The Bertz CT molecular complexity index is 845. The highest BCUT2D eigenvalue weighted by Gasteiger charge is 2.44. The number of aryl methyl sites for hydroxylation is 1. The molecule has 2 heterocycles. The number of carboxylic acid groups (broad SMARTS) is 1. The summed E-state index contributed by atoms with van der Waals surface area (Å²) in [6.07, 6.45) is -4.06. The van der Waals surface area contributed by atoms with Crippen molar-refractivity contribution < 1.29 is 36.2 Å². The molecule has 170 valence electrons. The molecule has 11 heteroatoms. The highest BCUT2D eigenvalue weighted by molar-refractivity contribution is 7.89. The summed E-state index contributed by atoms with van der Waals surface area (Å²) in [6, 6.07) is 7.17. The molecular weight excluding hydrogens is 425 g/mol. The van der Waals surface area contributed by atoms with E-state index < -0.39 is 22.2 Å². The first-order chi connectivity index (χ1) is 13.8. The number of carboxylic acids is 1. The molecule has 1 N–H and O–H groups in total. The molecule has 1 aromatic rings. The van der Waals surface area contributed by atoms with E-state index in [1.807, 2.05) is 33.2 Å². The Morgan fingerprint density at radius 2 is 1.97 bits per heavy atom. The van der Waals surface area contributed by atoms with Crippen molar-refractivity contribution in [2.45, 2.75) is 30.5 Å². The lowest BCUT2D eigenvalue weighted by Gasteiger charge is -2.35. The molecular formula is C19H27F3N2O5S. The Hall–Kier alpha value is -1.69. The lowest BCUT2D eigenvalue weighted by molar-refractivity contribution is -0.192. The van der Waals surface area contributed by atoms with Crippen molar-refractivity contribution in [2.24, 2.45) is 11.8 Å². The minimum absolute atomic E-state index is 0.130. The Morgan fingerprint density at radius 1 is 1.33 bits per heavy atom. The predicted octanol–water partition coefficient (Wildman–Crippen LogP) is 2.22. The van der Waals surface area contributed by atoms with Gasteiger partial charge in [-0.2, -0.15) is 17.5 Å². The van der Waals surface area contributed by atoms with E-state index in [4.69, 9.17) is 14.6 Å². The summed E-state index contributed by atoms with van der Waals surface area (Å²) in [5, 5.41) is 7.12. The first-order valence-electron chi connectivity index (χ1n) is 9.45. The number of nitrogens with zero attached hydrogens (tertiary/aromatic N) is 2. The lowest BCUT2D eigenvalue weighted by Crippen LogP contribution is -2.46. The van der Waals surface area contributed by atoms with E-state index in [0.717, 1.165) is 25.1 Å². The molecule has 1 aromatic carbocycles. The van der Waals surface area contributed by atoms with Crippen LogP contribution >= 0.6 is 0 Å². The molecule has 7 nitrogen and oxygen atoms in total. The number of likely N-dealkylation sites (N-methyl/N-ethyl adjacent to an activating group) is 1. The number of fused-ring (bicyclic) bond motifs is 1. The maximum atomic E-state index is 12.9. The van der Waals surface area contributed by atoms with Gasteiger partial charge in [0.25, 0.3) is 0 Å². The van der Waals surface area contributed by atoms with Gasteiger partial charge >= 0.3 is 12.1 Å². The maximum absolute atomic E-state index is 12.9. The van der Waals surface area contributed by atoms with Gasteiger partial charge in [0.05, 0.1) is 17.6 Å². The number of alkyl halides is 3. The fourth-order valence-electron chi connectivity index (χ4n) is 3.69. The van der Waals surface area contributed by atoms with Crippen LogP contribution in [0.25, 0.3) is 0 Å². The molecule has 3 atom stereocenters. The number of benzene rings is 1. The summed E-state index contributed by atoms with van der Waals surface area (Å²) >= 11 is 0. The third-order valence-electron chi connectivity index (χ3n) is 5.19. The molecule has 2 aliphatic heterocycles. The van der Waals surface area contributed by atoms with Crippen LogP contribution in [0.1, 0.15) is 12.0 Å². The molecule has 0 aromatic heterocycles. The Morgan fingerprint density at radius 3 is 2.50 bits per heavy atom. The molecule has 0 unspecified atom stereocenters. The molecule has 0 saturated carbocycles. The predicted molar refractivity (Wildman–Crippen MR) is 104 cm³/mol. The average molecular weight is 452 g/mol. The second-order valence-corrected chi connectivity index (χ2v) is 9.77. The van der Waals surface area contributed by atoms with Crippen LogP contribution in [0.4, 0.5) is 13.2 Å². The zero-order valence-corrected chi connectivity index (χ0v) is 17.9.